The van der Waals surface area contributed by atoms with E-state index in [1.807, 2.05) is 75.4 Å². The number of benzene rings is 2. The molecular weight excluding hydrogens is 540 g/mol. The number of H-pyrrole nitrogens is 1. The first-order chi connectivity index (χ1) is 19.8. The molecule has 0 fully saturated rings. The maximum atomic E-state index is 13.7. The quantitative estimate of drug-likeness (QED) is 0.231. The van der Waals surface area contributed by atoms with Gasteiger partial charge in [-0.2, -0.15) is 0 Å². The van der Waals surface area contributed by atoms with Crippen LogP contribution in [-0.4, -0.2) is 25.1 Å². The topological polar surface area (TPSA) is 120 Å². The number of carbonyl (C=O) groups excluding carboxylic acids is 1. The zero-order valence-electron chi connectivity index (χ0n) is 23.3. The third-order valence-corrected chi connectivity index (χ3v) is 8.72. The molecule has 1 atom stereocenters. The Morgan fingerprint density at radius 1 is 1.00 bits per heavy atom. The number of aromatic nitrogens is 4. The van der Waals surface area contributed by atoms with Crippen LogP contribution < -0.4 is 17.0 Å². The summed E-state index contributed by atoms with van der Waals surface area (Å²) in [6.45, 7) is 6.03. The molecule has 0 bridgehead atoms. The Labute approximate surface area is 240 Å². The molecule has 0 spiro atoms. The van der Waals surface area contributed by atoms with Gasteiger partial charge >= 0.3 is 11.4 Å². The molecular formula is C31H32N4O5S. The summed E-state index contributed by atoms with van der Waals surface area (Å²) in [6.07, 6.45) is 3.02. The zero-order chi connectivity index (χ0) is 29.1. The number of fused-ring (bicyclic) bond motifs is 1. The highest BCUT2D eigenvalue weighted by Gasteiger charge is 2.22. The molecule has 41 heavy (non-hydrogen) atoms. The van der Waals surface area contributed by atoms with E-state index in [9.17, 15) is 19.2 Å². The van der Waals surface area contributed by atoms with Gasteiger partial charge in [0.1, 0.15) is 4.83 Å². The second-order valence-electron chi connectivity index (χ2n) is 10.1. The molecule has 0 saturated carbocycles. The number of carbonyl (C=O) groups is 1. The van der Waals surface area contributed by atoms with E-state index >= 15 is 0 Å². The number of aromatic amines is 1. The summed E-state index contributed by atoms with van der Waals surface area (Å²) < 4.78 is 7.41. The number of ketones is 1. The van der Waals surface area contributed by atoms with E-state index in [0.717, 1.165) is 51.0 Å². The Hall–Kier alpha value is -4.31. The average molecular weight is 573 g/mol. The summed E-state index contributed by atoms with van der Waals surface area (Å²) >= 11 is 1.44. The number of Topliss-reactive ketones (excluding diaryl/α,β-unsaturated/α-hetero) is 1. The third kappa shape index (κ3) is 5.65. The van der Waals surface area contributed by atoms with Crippen molar-refractivity contribution in [2.45, 2.75) is 59.5 Å². The van der Waals surface area contributed by atoms with Crippen LogP contribution in [0.15, 0.2) is 73.5 Å². The monoisotopic (exact) mass is 572 g/mol. The van der Waals surface area contributed by atoms with E-state index in [1.165, 1.54) is 11.3 Å². The van der Waals surface area contributed by atoms with Crippen LogP contribution in [0.4, 0.5) is 0 Å². The van der Waals surface area contributed by atoms with Crippen LogP contribution in [0.2, 0.25) is 0 Å². The fourth-order valence-electron chi connectivity index (χ4n) is 5.19. The van der Waals surface area contributed by atoms with Crippen LogP contribution in [-0.2, 0) is 24.3 Å². The van der Waals surface area contributed by atoms with E-state index in [0.29, 0.717) is 22.5 Å². The number of hydrogen-bond donors (Lipinski definition) is 1. The summed E-state index contributed by atoms with van der Waals surface area (Å²) in [5.41, 5.74) is 2.46. The van der Waals surface area contributed by atoms with E-state index < -0.39 is 17.0 Å². The minimum absolute atomic E-state index is 0.0816. The van der Waals surface area contributed by atoms with Crippen LogP contribution in [0.1, 0.15) is 50.5 Å². The summed E-state index contributed by atoms with van der Waals surface area (Å²) in [6, 6.07) is 17.1. The van der Waals surface area contributed by atoms with Crippen molar-refractivity contribution in [3.63, 3.8) is 0 Å². The van der Waals surface area contributed by atoms with E-state index in [1.54, 1.807) is 4.57 Å². The van der Waals surface area contributed by atoms with Crippen LogP contribution in [0, 0.1) is 5.92 Å². The maximum Gasteiger partial charge on any atom is 0.439 e. The lowest BCUT2D eigenvalue weighted by Crippen LogP contribution is -2.42. The summed E-state index contributed by atoms with van der Waals surface area (Å²) in [7, 11) is 0. The molecule has 5 aromatic rings. The lowest BCUT2D eigenvalue weighted by molar-refractivity contribution is -0.123. The number of rotatable bonds is 11. The summed E-state index contributed by atoms with van der Waals surface area (Å²) in [5, 5.41) is 4.29. The van der Waals surface area contributed by atoms with Gasteiger partial charge in [-0.3, -0.25) is 28.2 Å². The SMILES string of the molecule is CCCC(CC)C(=O)Cn1c(=O)c2cc(CC)sc2n(Cc2ccc(-c3ccccc3-c3noc(=O)[nH]3)cc2)c1=O. The van der Waals surface area contributed by atoms with Crippen LogP contribution >= 0.6 is 11.3 Å². The van der Waals surface area contributed by atoms with Crippen molar-refractivity contribution in [3.8, 4) is 22.5 Å². The van der Waals surface area contributed by atoms with E-state index in [4.69, 9.17) is 0 Å². The lowest BCUT2D eigenvalue weighted by Gasteiger charge is -2.15. The highest BCUT2D eigenvalue weighted by atomic mass is 32.1. The van der Waals surface area contributed by atoms with Gasteiger partial charge in [0.05, 0.1) is 18.5 Å². The maximum absolute atomic E-state index is 13.7. The molecule has 1 N–H and O–H groups in total. The number of thiophene rings is 1. The molecule has 3 aromatic heterocycles. The fourth-order valence-corrected chi connectivity index (χ4v) is 6.27. The largest absolute Gasteiger partial charge is 0.439 e. The van der Waals surface area contributed by atoms with Gasteiger partial charge in [0, 0.05) is 16.4 Å². The molecule has 9 nitrogen and oxygen atoms in total. The smallest absolute Gasteiger partial charge is 0.297 e. The Morgan fingerprint density at radius 3 is 2.37 bits per heavy atom. The fraction of sp³-hybridized carbons (Fsp3) is 0.323. The summed E-state index contributed by atoms with van der Waals surface area (Å²) in [5.74, 6) is -0.536. The van der Waals surface area contributed by atoms with Gasteiger partial charge in [-0.05, 0) is 42.0 Å². The van der Waals surface area contributed by atoms with Crippen LogP contribution in [0.5, 0.6) is 0 Å². The van der Waals surface area contributed by atoms with Gasteiger partial charge in [-0.1, -0.05) is 80.9 Å². The number of nitrogens with one attached hydrogen (secondary N) is 1. The Morgan fingerprint density at radius 2 is 1.73 bits per heavy atom. The van der Waals surface area contributed by atoms with E-state index in [2.05, 4.69) is 14.7 Å². The highest BCUT2D eigenvalue weighted by Crippen LogP contribution is 2.30. The van der Waals surface area contributed by atoms with Gasteiger partial charge in [0.15, 0.2) is 11.6 Å². The molecule has 1 unspecified atom stereocenters. The summed E-state index contributed by atoms with van der Waals surface area (Å²) in [4.78, 5) is 55.9. The number of aryl methyl sites for hydroxylation is 1. The molecule has 0 radical (unpaired) electrons. The van der Waals surface area contributed by atoms with Crippen LogP contribution in [0.3, 0.4) is 0 Å². The van der Waals surface area contributed by atoms with Gasteiger partial charge < -0.3 is 0 Å². The second-order valence-corrected chi connectivity index (χ2v) is 11.2. The number of nitrogens with zero attached hydrogens (tertiary/aromatic N) is 3. The van der Waals surface area contributed by atoms with Gasteiger partial charge in [-0.15, -0.1) is 11.3 Å². The van der Waals surface area contributed by atoms with Gasteiger partial charge in [-0.25, -0.2) is 9.59 Å². The Balaban J connectivity index is 1.52. The van der Waals surface area contributed by atoms with E-state index in [-0.39, 0.29) is 24.8 Å². The van der Waals surface area contributed by atoms with Crippen molar-refractivity contribution < 1.29 is 9.32 Å². The second kappa shape index (κ2) is 12.1. The Bertz CT molecular complexity index is 1870. The molecule has 10 heteroatoms. The molecule has 2 aromatic carbocycles. The molecule has 0 amide bonds. The van der Waals surface area contributed by atoms with Crippen molar-refractivity contribution in [1.29, 1.82) is 0 Å². The van der Waals surface area contributed by atoms with Crippen LogP contribution in [0.25, 0.3) is 32.7 Å². The van der Waals surface area contributed by atoms with Crippen molar-refractivity contribution >= 4 is 27.3 Å². The average Bonchev–Trinajstić information content (AvgIpc) is 3.63. The standard InChI is InChI=1S/C31H32N4O5S/c1-4-9-20(5-2)26(36)18-34-28(37)25-16-22(6-3)41-29(25)35(31(34)39)17-19-12-14-21(15-13-19)23-10-7-8-11-24(23)27-32-30(38)40-33-27/h7-8,10-16,20H,4-6,9,17-18H2,1-3H3,(H,32,33,38). The lowest BCUT2D eigenvalue weighted by atomic mass is 9.96. The van der Waals surface area contributed by atoms with Crippen molar-refractivity contribution in [1.82, 2.24) is 19.3 Å². The molecule has 0 aliphatic rings. The van der Waals surface area contributed by atoms with Gasteiger partial charge in [0.25, 0.3) is 5.56 Å². The first kappa shape index (κ1) is 28.2. The predicted molar refractivity (Wildman–Crippen MR) is 161 cm³/mol. The molecule has 0 aliphatic carbocycles. The highest BCUT2D eigenvalue weighted by molar-refractivity contribution is 7.18. The van der Waals surface area contributed by atoms with Crippen molar-refractivity contribution in [2.75, 3.05) is 0 Å². The Kier molecular flexibility index (Phi) is 8.30. The third-order valence-electron chi connectivity index (χ3n) is 7.42. The zero-order valence-corrected chi connectivity index (χ0v) is 24.1. The van der Waals surface area contributed by atoms with Crippen molar-refractivity contribution in [2.24, 2.45) is 5.92 Å². The molecule has 0 saturated heterocycles. The predicted octanol–water partition coefficient (Wildman–Crippen LogP) is 5.24. The molecule has 3 heterocycles. The van der Waals surface area contributed by atoms with Gasteiger partial charge in [0.2, 0.25) is 0 Å². The van der Waals surface area contributed by atoms with Crippen molar-refractivity contribution in [3.05, 3.63) is 96.4 Å². The minimum atomic E-state index is -0.625. The molecule has 212 valence electrons. The minimum Gasteiger partial charge on any atom is -0.297 e. The number of hydrogen-bond acceptors (Lipinski definition) is 7. The molecule has 0 aliphatic heterocycles. The first-order valence-corrected chi connectivity index (χ1v) is 14.7. The normalized spacial score (nSPS) is 12.2. The first-order valence-electron chi connectivity index (χ1n) is 13.9. The molecule has 5 rings (SSSR count).